The van der Waals surface area contributed by atoms with Gasteiger partial charge in [-0.15, -0.1) is 0 Å². The molecule has 0 saturated carbocycles. The average molecular weight is 405 g/mol. The number of hydrogen-bond acceptors (Lipinski definition) is 4. The molecule has 2 aromatic carbocycles. The second-order valence-electron chi connectivity index (χ2n) is 6.90. The molecule has 2 N–H and O–H groups in total. The minimum atomic E-state index is -0.140. The molecule has 7 heteroatoms. The molecular weight excluding hydrogens is 378 g/mol. The highest BCUT2D eigenvalue weighted by molar-refractivity contribution is 6.32. The van der Waals surface area contributed by atoms with Gasteiger partial charge in [0.05, 0.1) is 45.4 Å². The number of ether oxygens (including phenoxy) is 2. The van der Waals surface area contributed by atoms with E-state index in [0.717, 1.165) is 31.9 Å². The van der Waals surface area contributed by atoms with E-state index in [1.165, 1.54) is 10.6 Å². The first-order valence-electron chi connectivity index (χ1n) is 9.40. The molecule has 28 heavy (non-hydrogen) atoms. The number of halogens is 1. The van der Waals surface area contributed by atoms with Crippen LogP contribution in [0.5, 0.6) is 11.5 Å². The fourth-order valence-corrected chi connectivity index (χ4v) is 3.72. The smallest absolute Gasteiger partial charge is 0.282 e. The molecule has 3 rings (SSSR count). The van der Waals surface area contributed by atoms with Crippen molar-refractivity contribution in [1.29, 1.82) is 0 Å². The van der Waals surface area contributed by atoms with Crippen molar-refractivity contribution < 1.29 is 19.2 Å². The minimum absolute atomic E-state index is 0.00543. The summed E-state index contributed by atoms with van der Waals surface area (Å²) < 4.78 is 10.4. The van der Waals surface area contributed by atoms with Crippen LogP contribution < -0.4 is 24.6 Å². The summed E-state index contributed by atoms with van der Waals surface area (Å²) in [5.74, 6) is 1.44. The Morgan fingerprint density at radius 2 is 1.79 bits per heavy atom. The number of amides is 1. The van der Waals surface area contributed by atoms with Gasteiger partial charge >= 0.3 is 0 Å². The number of piperazine rings is 1. The van der Waals surface area contributed by atoms with Gasteiger partial charge in [0.25, 0.3) is 5.91 Å². The zero-order valence-electron chi connectivity index (χ0n) is 16.5. The molecule has 0 radical (unpaired) electrons. The standard InChI is InChI=1S/C21H26ClN3O3/c1-15(21(26)23-16-4-9-20(28-3)19(22)14-16)24-10-12-25(13-11-24)17-5-7-18(27-2)8-6-17/h4-9,14-15H,10-13H2,1-3H3,(H,23,26)/p+1/t15-/m1/s1. The van der Waals surface area contributed by atoms with E-state index >= 15 is 0 Å². The van der Waals surface area contributed by atoms with Gasteiger partial charge in [-0.2, -0.15) is 0 Å². The Bertz CT molecular complexity index is 805. The number of methoxy groups -OCH3 is 2. The molecule has 0 bridgehead atoms. The first-order valence-corrected chi connectivity index (χ1v) is 9.77. The molecule has 1 aliphatic heterocycles. The lowest BCUT2D eigenvalue weighted by Crippen LogP contribution is -3.19. The molecule has 1 heterocycles. The molecule has 0 aromatic heterocycles. The third-order valence-electron chi connectivity index (χ3n) is 5.27. The van der Waals surface area contributed by atoms with Gasteiger partial charge in [-0.1, -0.05) is 11.6 Å². The van der Waals surface area contributed by atoms with Crippen LogP contribution >= 0.6 is 11.6 Å². The Kier molecular flexibility index (Phi) is 6.65. The number of anilines is 2. The van der Waals surface area contributed by atoms with E-state index in [2.05, 4.69) is 22.3 Å². The average Bonchev–Trinajstić information content (AvgIpc) is 2.73. The van der Waals surface area contributed by atoms with Gasteiger partial charge in [0.15, 0.2) is 6.04 Å². The Hall–Kier alpha value is -2.44. The summed E-state index contributed by atoms with van der Waals surface area (Å²) in [6.45, 7) is 5.61. The molecule has 150 valence electrons. The van der Waals surface area contributed by atoms with Crippen molar-refractivity contribution >= 4 is 28.9 Å². The van der Waals surface area contributed by atoms with Crippen molar-refractivity contribution in [1.82, 2.24) is 0 Å². The summed E-state index contributed by atoms with van der Waals surface area (Å²) in [6.07, 6.45) is 0. The first kappa shape index (κ1) is 20.3. The van der Waals surface area contributed by atoms with Crippen LogP contribution in [0.3, 0.4) is 0 Å². The lowest BCUT2D eigenvalue weighted by Gasteiger charge is -2.36. The zero-order valence-corrected chi connectivity index (χ0v) is 17.3. The third-order valence-corrected chi connectivity index (χ3v) is 5.56. The summed E-state index contributed by atoms with van der Waals surface area (Å²) in [5, 5.41) is 3.44. The molecule has 2 aromatic rings. The summed E-state index contributed by atoms with van der Waals surface area (Å²) >= 11 is 6.14. The normalized spacial score (nSPS) is 15.8. The highest BCUT2D eigenvalue weighted by Gasteiger charge is 2.29. The molecular formula is C21H27ClN3O3+. The molecule has 6 nitrogen and oxygen atoms in total. The molecule has 1 aliphatic rings. The van der Waals surface area contributed by atoms with Gasteiger partial charge in [0.2, 0.25) is 0 Å². The van der Waals surface area contributed by atoms with Gasteiger partial charge in [-0.3, -0.25) is 4.79 Å². The number of carbonyl (C=O) groups is 1. The van der Waals surface area contributed by atoms with Crippen molar-refractivity contribution in [2.45, 2.75) is 13.0 Å². The molecule has 1 saturated heterocycles. The quantitative estimate of drug-likeness (QED) is 0.774. The second-order valence-corrected chi connectivity index (χ2v) is 7.31. The number of carbonyl (C=O) groups excluding carboxylic acids is 1. The Morgan fingerprint density at radius 3 is 2.36 bits per heavy atom. The predicted molar refractivity (Wildman–Crippen MR) is 112 cm³/mol. The lowest BCUT2D eigenvalue weighted by molar-refractivity contribution is -0.914. The fraction of sp³-hybridized carbons (Fsp3) is 0.381. The van der Waals surface area contributed by atoms with Crippen LogP contribution in [0.15, 0.2) is 42.5 Å². The maximum Gasteiger partial charge on any atom is 0.282 e. The van der Waals surface area contributed by atoms with Crippen LogP contribution in [0.4, 0.5) is 11.4 Å². The highest BCUT2D eigenvalue weighted by Crippen LogP contribution is 2.27. The van der Waals surface area contributed by atoms with Crippen molar-refractivity contribution in [3.05, 3.63) is 47.5 Å². The summed E-state index contributed by atoms with van der Waals surface area (Å²) in [6, 6.07) is 13.2. The number of nitrogens with zero attached hydrogens (tertiary/aromatic N) is 1. The van der Waals surface area contributed by atoms with Gasteiger partial charge in [-0.05, 0) is 49.4 Å². The number of nitrogens with one attached hydrogen (secondary N) is 2. The first-order chi connectivity index (χ1) is 13.5. The van der Waals surface area contributed by atoms with Crippen LogP contribution in [0.2, 0.25) is 5.02 Å². The molecule has 0 spiro atoms. The SMILES string of the molecule is COc1ccc(N2CC[NH+]([C@H](C)C(=O)Nc3ccc(OC)c(Cl)c3)CC2)cc1. The van der Waals surface area contributed by atoms with E-state index in [9.17, 15) is 4.79 Å². The van der Waals surface area contributed by atoms with Crippen molar-refractivity contribution in [3.8, 4) is 11.5 Å². The Labute approximate surface area is 171 Å². The molecule has 0 aliphatic carbocycles. The molecule has 0 unspecified atom stereocenters. The van der Waals surface area contributed by atoms with E-state index in [1.807, 2.05) is 19.1 Å². The van der Waals surface area contributed by atoms with Crippen LogP contribution in [0, 0.1) is 0 Å². The monoisotopic (exact) mass is 404 g/mol. The van der Waals surface area contributed by atoms with Crippen LogP contribution in [-0.4, -0.2) is 52.3 Å². The Balaban J connectivity index is 1.54. The molecule has 1 fully saturated rings. The molecule has 1 amide bonds. The molecule has 1 atom stereocenters. The maximum atomic E-state index is 12.7. The fourth-order valence-electron chi connectivity index (χ4n) is 3.46. The van der Waals surface area contributed by atoms with E-state index in [-0.39, 0.29) is 11.9 Å². The summed E-state index contributed by atoms with van der Waals surface area (Å²) in [5.41, 5.74) is 1.86. The Morgan fingerprint density at radius 1 is 1.11 bits per heavy atom. The van der Waals surface area contributed by atoms with Crippen LogP contribution in [0.1, 0.15) is 6.92 Å². The lowest BCUT2D eigenvalue weighted by atomic mass is 10.2. The second kappa shape index (κ2) is 9.17. The van der Waals surface area contributed by atoms with E-state index in [1.54, 1.807) is 32.4 Å². The third kappa shape index (κ3) is 4.69. The number of quaternary nitrogens is 1. The zero-order chi connectivity index (χ0) is 20.1. The van der Waals surface area contributed by atoms with E-state index < -0.39 is 0 Å². The van der Waals surface area contributed by atoms with Gasteiger partial charge in [0.1, 0.15) is 11.5 Å². The number of rotatable bonds is 6. The van der Waals surface area contributed by atoms with Crippen molar-refractivity contribution in [2.75, 3.05) is 50.6 Å². The van der Waals surface area contributed by atoms with Crippen molar-refractivity contribution in [2.24, 2.45) is 0 Å². The van der Waals surface area contributed by atoms with Gasteiger partial charge < -0.3 is 24.6 Å². The topological polar surface area (TPSA) is 55.2 Å². The maximum absolute atomic E-state index is 12.7. The van der Waals surface area contributed by atoms with Crippen molar-refractivity contribution in [3.63, 3.8) is 0 Å². The predicted octanol–water partition coefficient (Wildman–Crippen LogP) is 2.09. The largest absolute Gasteiger partial charge is 0.497 e. The van der Waals surface area contributed by atoms with Gasteiger partial charge in [0, 0.05) is 11.4 Å². The van der Waals surface area contributed by atoms with E-state index in [4.69, 9.17) is 21.1 Å². The van der Waals surface area contributed by atoms with Gasteiger partial charge in [-0.25, -0.2) is 0 Å². The summed E-state index contributed by atoms with van der Waals surface area (Å²) in [4.78, 5) is 16.3. The van der Waals surface area contributed by atoms with E-state index in [0.29, 0.717) is 16.5 Å². The van der Waals surface area contributed by atoms with Crippen LogP contribution in [-0.2, 0) is 4.79 Å². The number of benzene rings is 2. The minimum Gasteiger partial charge on any atom is -0.497 e. The van der Waals surface area contributed by atoms with Crippen LogP contribution in [0.25, 0.3) is 0 Å². The number of hydrogen-bond donors (Lipinski definition) is 2. The highest BCUT2D eigenvalue weighted by atomic mass is 35.5. The summed E-state index contributed by atoms with van der Waals surface area (Å²) in [7, 11) is 3.24.